The molecule has 92 heavy (non-hydrogen) atoms. The van der Waals surface area contributed by atoms with Crippen molar-refractivity contribution < 1.29 is 62.2 Å². The number of hydrogen-bond acceptors (Lipinski definition) is 17. The molecule has 7 heterocycles. The molecule has 1 aliphatic heterocycles. The third-order valence-corrected chi connectivity index (χ3v) is 20.2. The van der Waals surface area contributed by atoms with Gasteiger partial charge in [-0.15, -0.1) is 10.2 Å². The molecule has 3 saturated carbocycles. The van der Waals surface area contributed by atoms with Crippen molar-refractivity contribution in [1.82, 2.24) is 54.3 Å². The normalized spacial score (nSPS) is 18.7. The van der Waals surface area contributed by atoms with E-state index in [1.807, 2.05) is 9.44 Å². The van der Waals surface area contributed by atoms with E-state index in [2.05, 4.69) is 73.8 Å². The second-order valence-corrected chi connectivity index (χ2v) is 29.5. The van der Waals surface area contributed by atoms with Gasteiger partial charge in [0.25, 0.3) is 31.9 Å². The summed E-state index contributed by atoms with van der Waals surface area (Å²) >= 11 is 12.5. The highest BCUT2D eigenvalue weighted by Gasteiger charge is 2.63. The van der Waals surface area contributed by atoms with Crippen molar-refractivity contribution in [2.45, 2.75) is 158 Å². The van der Waals surface area contributed by atoms with Crippen molar-refractivity contribution >= 4 is 66.7 Å². The van der Waals surface area contributed by atoms with E-state index >= 15 is 0 Å². The Morgan fingerprint density at radius 2 is 1.04 bits per heavy atom. The number of rotatable bonds is 28. The number of halogens is 8. The second kappa shape index (κ2) is 28.4. The van der Waals surface area contributed by atoms with Crippen molar-refractivity contribution in [1.29, 1.82) is 0 Å². The van der Waals surface area contributed by atoms with Gasteiger partial charge in [-0.1, -0.05) is 49.2 Å². The first-order valence-corrected chi connectivity index (χ1v) is 34.2. The van der Waals surface area contributed by atoms with E-state index in [1.54, 1.807) is 18.2 Å². The highest BCUT2D eigenvalue weighted by molar-refractivity contribution is 7.90. The molecule has 3 aliphatic carbocycles. The summed E-state index contributed by atoms with van der Waals surface area (Å²) in [6.45, 7) is 11.4. The van der Waals surface area contributed by atoms with E-state index in [0.29, 0.717) is 42.0 Å². The molecule has 2 atom stereocenters. The number of nitrogens with zero attached hydrogens (tertiary/aromatic N) is 8. The number of amides is 2. The van der Waals surface area contributed by atoms with Crippen LogP contribution < -0.4 is 34.9 Å². The van der Waals surface area contributed by atoms with Gasteiger partial charge in [-0.2, -0.15) is 43.2 Å². The largest absolute Gasteiger partial charge is 0.477 e. The van der Waals surface area contributed by atoms with Gasteiger partial charge in [0.15, 0.2) is 21.7 Å². The summed E-state index contributed by atoms with van der Waals surface area (Å²) in [7, 11) is -8.65. The smallest absolute Gasteiger partial charge is 0.394 e. The summed E-state index contributed by atoms with van der Waals surface area (Å²) in [6, 6.07) is 17.5. The summed E-state index contributed by atoms with van der Waals surface area (Å²) in [5.41, 5.74) is -2.96. The van der Waals surface area contributed by atoms with Crippen molar-refractivity contribution in [3.63, 3.8) is 0 Å². The fraction of sp³-hybridized carbons (Fsp3) is 0.541. The Hall–Kier alpha value is -6.82. The fourth-order valence-electron chi connectivity index (χ4n) is 11.6. The standard InChI is InChI=1S/C31H38ClF3N6O4S.C30H37ClF3N7O4S/c1-29(2)14-11-21(20-29)6-4-17-36-23-7-3-8-26(37-23)46(43,44)40-28(42)22-9-10-24(38-27(22)32)41-18-12-25(39-41)45-19-5-13-30(15-16-30)31(33,34)35;1-28(2)18-20(19-36-28)6-4-15-35-22-7-3-8-25(37-22)46(43,44)40-27(42)21-9-10-23(38-26(21)31)41-16-11-24(39-41)45-17-5-12-29(13-14-29)30(32,33)34/h3,7-10,12,18,21H,4-6,11,13-17,19-20H2,1-2H3,(H,36,37)(H,40,42);3,7-11,16,20,36H,4-6,12-15,17-19H2,1-2H3,(H,35,37)(H,40,42)/t21-;20-/m10/s1. The predicted octanol–water partition coefficient (Wildman–Crippen LogP) is 12.5. The minimum Gasteiger partial charge on any atom is -0.477 e. The highest BCUT2D eigenvalue weighted by atomic mass is 35.5. The molecule has 0 spiro atoms. The molecule has 0 unspecified atom stereocenters. The van der Waals surface area contributed by atoms with Crippen LogP contribution in [0.25, 0.3) is 11.6 Å². The number of hydrogen-bond donors (Lipinski definition) is 5. The first-order chi connectivity index (χ1) is 43.3. The number of carbonyl (C=O) groups is 2. The average Bonchev–Trinajstić information content (AvgIpc) is 1.59. The van der Waals surface area contributed by atoms with Crippen molar-refractivity contribution in [3.8, 4) is 23.4 Å². The van der Waals surface area contributed by atoms with Crippen LogP contribution in [0.5, 0.6) is 11.8 Å². The number of alkyl halides is 6. The molecule has 4 fully saturated rings. The van der Waals surface area contributed by atoms with Crippen LogP contribution in [-0.2, 0) is 20.0 Å². The fourth-order valence-corrected chi connectivity index (χ4v) is 14.0. The molecule has 21 nitrogen and oxygen atoms in total. The lowest BCUT2D eigenvalue weighted by Crippen LogP contribution is -2.31. The van der Waals surface area contributed by atoms with Crippen LogP contribution in [0.15, 0.2) is 95.2 Å². The zero-order chi connectivity index (χ0) is 66.3. The minimum absolute atomic E-state index is 0.00340. The summed E-state index contributed by atoms with van der Waals surface area (Å²) in [6.07, 6.45) is 4.49. The van der Waals surface area contributed by atoms with E-state index in [-0.39, 0.29) is 125 Å². The lowest BCUT2D eigenvalue weighted by Gasteiger charge is -2.18. The molecule has 0 bridgehead atoms. The quantitative estimate of drug-likeness (QED) is 0.0174. The minimum atomic E-state index is -4.33. The number of nitrogens with one attached hydrogen (secondary N) is 5. The highest BCUT2D eigenvalue weighted by Crippen LogP contribution is 2.61. The van der Waals surface area contributed by atoms with Gasteiger partial charge < -0.3 is 25.4 Å². The summed E-state index contributed by atoms with van der Waals surface area (Å²) in [5.74, 6) is 0.885. The maximum absolute atomic E-state index is 13.1. The molecule has 0 radical (unpaired) electrons. The SMILES string of the molecule is CC1(C)CC[C@@H](CCCNc2cccc(S(=O)(=O)NC(=O)c3ccc(-n4ccc(OCCCC5(C(F)(F)F)CC5)n4)nc3Cl)n2)C1.CC1(C)C[C@H](CCCNc2cccc(S(=O)(=O)NC(=O)c3ccc(-n4ccc(OCCCC5(C(F)(F)F)CC5)n4)nc3Cl)n2)CN1. The van der Waals surface area contributed by atoms with Crippen LogP contribution in [0, 0.1) is 28.1 Å². The van der Waals surface area contributed by atoms with Crippen molar-refractivity contribution in [3.05, 3.63) is 107 Å². The van der Waals surface area contributed by atoms with E-state index < -0.39 is 55.0 Å². The number of ether oxygens (including phenoxy) is 2. The van der Waals surface area contributed by atoms with Gasteiger partial charge in [0, 0.05) is 43.2 Å². The van der Waals surface area contributed by atoms with Gasteiger partial charge in [-0.25, -0.2) is 38.7 Å². The Morgan fingerprint density at radius 1 is 0.598 bits per heavy atom. The maximum Gasteiger partial charge on any atom is 0.394 e. The lowest BCUT2D eigenvalue weighted by atomic mass is 9.89. The molecule has 31 heteroatoms. The van der Waals surface area contributed by atoms with Crippen LogP contribution >= 0.6 is 23.2 Å². The molecule has 2 amide bonds. The lowest BCUT2D eigenvalue weighted by molar-refractivity contribution is -0.190. The van der Waals surface area contributed by atoms with Crippen LogP contribution in [0.3, 0.4) is 0 Å². The zero-order valence-corrected chi connectivity index (χ0v) is 54.4. The zero-order valence-electron chi connectivity index (χ0n) is 51.3. The first-order valence-electron chi connectivity index (χ1n) is 30.5. The van der Waals surface area contributed by atoms with Gasteiger partial charge in [-0.3, -0.25) is 9.59 Å². The van der Waals surface area contributed by atoms with E-state index in [1.165, 1.54) is 95.6 Å². The monoisotopic (exact) mass is 1370 g/mol. The maximum atomic E-state index is 13.1. The van der Waals surface area contributed by atoms with E-state index in [9.17, 15) is 52.8 Å². The van der Waals surface area contributed by atoms with Crippen LogP contribution in [-0.4, -0.2) is 119 Å². The molecular formula is C61H75Cl2F6N13O8S2. The van der Waals surface area contributed by atoms with Gasteiger partial charge in [0.1, 0.15) is 21.9 Å². The van der Waals surface area contributed by atoms with E-state index in [0.717, 1.165) is 38.6 Å². The second-order valence-electron chi connectivity index (χ2n) is 25.5. The third-order valence-electron chi connectivity index (χ3n) is 17.1. The number of carbonyl (C=O) groups excluding carboxylic acids is 2. The van der Waals surface area contributed by atoms with Crippen molar-refractivity contribution in [2.75, 3.05) is 43.5 Å². The number of pyridine rings is 4. The van der Waals surface area contributed by atoms with Gasteiger partial charge >= 0.3 is 12.4 Å². The summed E-state index contributed by atoms with van der Waals surface area (Å²) in [4.78, 5) is 42.4. The number of aromatic nitrogens is 8. The molecule has 1 saturated heterocycles. The molecule has 6 aromatic heterocycles. The Morgan fingerprint density at radius 3 is 1.42 bits per heavy atom. The van der Waals surface area contributed by atoms with Gasteiger partial charge in [0.2, 0.25) is 11.8 Å². The molecule has 4 aliphatic rings. The summed E-state index contributed by atoms with van der Waals surface area (Å²) < 4.78 is 148. The predicted molar refractivity (Wildman–Crippen MR) is 332 cm³/mol. The van der Waals surface area contributed by atoms with E-state index in [4.69, 9.17) is 32.7 Å². The van der Waals surface area contributed by atoms with Crippen LogP contribution in [0.4, 0.5) is 38.0 Å². The topological polar surface area (TPSA) is 268 Å². The van der Waals surface area contributed by atoms with Crippen LogP contribution in [0.2, 0.25) is 10.3 Å². The molecular weight excluding hydrogens is 1290 g/mol. The van der Waals surface area contributed by atoms with Crippen LogP contribution in [0.1, 0.15) is 151 Å². The number of sulfonamides is 2. The summed E-state index contributed by atoms with van der Waals surface area (Å²) in [5, 5.41) is 17.0. The number of anilines is 2. The first kappa shape index (κ1) is 69.5. The Labute approximate surface area is 540 Å². The molecule has 500 valence electrons. The van der Waals surface area contributed by atoms with Gasteiger partial charge in [0.05, 0.1) is 35.2 Å². The Bertz CT molecular complexity index is 3560. The average molecular weight is 1370 g/mol. The molecule has 5 N–H and O–H groups in total. The van der Waals surface area contributed by atoms with Crippen molar-refractivity contribution in [2.24, 2.45) is 28.1 Å². The molecule has 10 rings (SSSR count). The van der Waals surface area contributed by atoms with Gasteiger partial charge in [-0.05, 0) is 189 Å². The Kier molecular flexibility index (Phi) is 21.5. The third kappa shape index (κ3) is 18.3. The molecule has 0 aromatic carbocycles. The molecule has 6 aromatic rings. The Balaban J connectivity index is 0.000000217.